The number of benzene rings is 3. The molecule has 0 aromatic heterocycles. The van der Waals surface area contributed by atoms with Crippen molar-refractivity contribution in [1.29, 1.82) is 0 Å². The van der Waals surface area contributed by atoms with E-state index in [9.17, 15) is 9.59 Å². The van der Waals surface area contributed by atoms with Gasteiger partial charge in [-0.05, 0) is 42.0 Å². The van der Waals surface area contributed by atoms with Crippen LogP contribution in [-0.2, 0) is 11.3 Å². The Balaban J connectivity index is 1.96. The number of hydrogen-bond acceptors (Lipinski definition) is 5. The fraction of sp³-hybridized carbons (Fsp3) is 0.120. The van der Waals surface area contributed by atoms with Gasteiger partial charge in [-0.25, -0.2) is 0 Å². The van der Waals surface area contributed by atoms with Gasteiger partial charge in [0.05, 0.1) is 14.2 Å². The highest BCUT2D eigenvalue weighted by atomic mass is 79.9. The second kappa shape index (κ2) is 11.2. The second-order valence-corrected chi connectivity index (χ2v) is 7.91. The van der Waals surface area contributed by atoms with Crippen LogP contribution in [0.5, 0.6) is 11.5 Å². The van der Waals surface area contributed by atoms with Gasteiger partial charge >= 0.3 is 0 Å². The maximum Gasteiger partial charge on any atom is 0.268 e. The summed E-state index contributed by atoms with van der Waals surface area (Å²) in [6.07, 6.45) is 1.54. The van der Waals surface area contributed by atoms with Crippen LogP contribution in [0.2, 0.25) is 0 Å². The van der Waals surface area contributed by atoms with Crippen molar-refractivity contribution >= 4 is 39.5 Å². The average Bonchev–Trinajstić information content (AvgIpc) is 2.83. The molecule has 0 radical (unpaired) electrons. The second-order valence-electron chi connectivity index (χ2n) is 6.99. The summed E-state index contributed by atoms with van der Waals surface area (Å²) >= 11 is 3.43. The molecule has 0 saturated carbocycles. The number of hydrogen-bond donors (Lipinski definition) is 3. The van der Waals surface area contributed by atoms with Gasteiger partial charge < -0.3 is 25.8 Å². The number of anilines is 1. The fourth-order valence-electron chi connectivity index (χ4n) is 3.13. The first kappa shape index (κ1) is 23.9. The fourth-order valence-corrected chi connectivity index (χ4v) is 3.58. The molecule has 0 heterocycles. The Morgan fingerprint density at radius 1 is 1.00 bits per heavy atom. The molecule has 0 spiro atoms. The van der Waals surface area contributed by atoms with Gasteiger partial charge in [0.25, 0.3) is 11.8 Å². The largest absolute Gasteiger partial charge is 0.493 e. The van der Waals surface area contributed by atoms with Gasteiger partial charge in [-0.3, -0.25) is 9.59 Å². The third-order valence-electron chi connectivity index (χ3n) is 4.80. The number of methoxy groups -OCH3 is 2. The molecule has 3 aromatic carbocycles. The lowest BCUT2D eigenvalue weighted by Crippen LogP contribution is -2.34. The zero-order valence-electron chi connectivity index (χ0n) is 18.2. The van der Waals surface area contributed by atoms with Gasteiger partial charge in [0.15, 0.2) is 11.5 Å². The summed E-state index contributed by atoms with van der Waals surface area (Å²) in [5.41, 5.74) is 8.31. The molecule has 7 nitrogen and oxygen atoms in total. The van der Waals surface area contributed by atoms with Gasteiger partial charge in [0.1, 0.15) is 5.70 Å². The summed E-state index contributed by atoms with van der Waals surface area (Å²) in [5.74, 6) is -0.00252. The Morgan fingerprint density at radius 2 is 1.70 bits per heavy atom. The Labute approximate surface area is 200 Å². The van der Waals surface area contributed by atoms with Gasteiger partial charge in [-0.1, -0.05) is 52.3 Å². The third-order valence-corrected chi connectivity index (χ3v) is 5.25. The zero-order chi connectivity index (χ0) is 23.8. The molecule has 0 aliphatic heterocycles. The summed E-state index contributed by atoms with van der Waals surface area (Å²) in [7, 11) is 3.02. The number of ether oxygens (including phenoxy) is 2. The molecule has 3 aromatic rings. The molecule has 0 atom stereocenters. The van der Waals surface area contributed by atoms with Gasteiger partial charge in [-0.2, -0.15) is 0 Å². The standard InChI is InChI=1S/C25H24BrN3O4/c1-32-22-14-19(26)12-18(23(22)33-2)13-21(29-24(30)16-8-4-3-5-9-16)25(31)28-15-17-10-6-7-11-20(17)27/h3-14H,15,27H2,1-2H3,(H,28,31)(H,29,30). The van der Waals surface area contributed by atoms with E-state index in [1.807, 2.05) is 24.3 Å². The summed E-state index contributed by atoms with van der Waals surface area (Å²) < 4.78 is 11.6. The van der Waals surface area contributed by atoms with Crippen molar-refractivity contribution in [2.24, 2.45) is 0 Å². The molecule has 4 N–H and O–H groups in total. The van der Waals surface area contributed by atoms with Crippen LogP contribution in [0.25, 0.3) is 6.08 Å². The molecule has 33 heavy (non-hydrogen) atoms. The quantitative estimate of drug-likeness (QED) is 0.312. The molecule has 3 rings (SSSR count). The van der Waals surface area contributed by atoms with Crippen LogP contribution < -0.4 is 25.8 Å². The molecule has 0 fully saturated rings. The highest BCUT2D eigenvalue weighted by molar-refractivity contribution is 9.10. The first-order valence-electron chi connectivity index (χ1n) is 10.0. The van der Waals surface area contributed by atoms with E-state index >= 15 is 0 Å². The van der Waals surface area contributed by atoms with Crippen molar-refractivity contribution in [3.63, 3.8) is 0 Å². The van der Waals surface area contributed by atoms with Crippen molar-refractivity contribution in [3.8, 4) is 11.5 Å². The minimum atomic E-state index is -0.483. The summed E-state index contributed by atoms with van der Waals surface area (Å²) in [6.45, 7) is 0.197. The lowest BCUT2D eigenvalue weighted by molar-refractivity contribution is -0.117. The smallest absolute Gasteiger partial charge is 0.268 e. The van der Waals surface area contributed by atoms with Gasteiger partial charge in [0.2, 0.25) is 0 Å². The van der Waals surface area contributed by atoms with Crippen molar-refractivity contribution < 1.29 is 19.1 Å². The summed E-state index contributed by atoms with van der Waals surface area (Å²) in [4.78, 5) is 25.9. The molecule has 8 heteroatoms. The van der Waals surface area contributed by atoms with Crippen molar-refractivity contribution in [2.75, 3.05) is 20.0 Å². The van der Waals surface area contributed by atoms with Crippen molar-refractivity contribution in [3.05, 3.63) is 93.6 Å². The van der Waals surface area contributed by atoms with Crippen LogP contribution >= 0.6 is 15.9 Å². The lowest BCUT2D eigenvalue weighted by Gasteiger charge is -2.15. The van der Waals surface area contributed by atoms with Crippen LogP contribution in [0.15, 0.2) is 76.9 Å². The van der Waals surface area contributed by atoms with E-state index in [4.69, 9.17) is 15.2 Å². The molecule has 0 aliphatic carbocycles. The number of halogens is 1. The number of carbonyl (C=O) groups is 2. The van der Waals surface area contributed by atoms with Crippen LogP contribution in [0.4, 0.5) is 5.69 Å². The number of rotatable bonds is 8. The predicted octanol–water partition coefficient (Wildman–Crippen LogP) is 4.14. The Kier molecular flexibility index (Phi) is 8.10. The lowest BCUT2D eigenvalue weighted by atomic mass is 10.1. The Bertz CT molecular complexity index is 1180. The summed E-state index contributed by atoms with van der Waals surface area (Å²) in [5, 5.41) is 5.52. The molecule has 2 amide bonds. The minimum absolute atomic E-state index is 0.0387. The molecule has 0 bridgehead atoms. The number of para-hydroxylation sites is 1. The first-order chi connectivity index (χ1) is 15.9. The first-order valence-corrected chi connectivity index (χ1v) is 10.8. The highest BCUT2D eigenvalue weighted by Crippen LogP contribution is 2.35. The van der Waals surface area contributed by atoms with Crippen LogP contribution in [0, 0.1) is 0 Å². The Hall–Kier alpha value is -3.78. The van der Waals surface area contributed by atoms with E-state index in [0.29, 0.717) is 28.3 Å². The average molecular weight is 510 g/mol. The normalized spacial score (nSPS) is 10.9. The number of nitrogens with two attached hydrogens (primary N) is 1. The topological polar surface area (TPSA) is 103 Å². The Morgan fingerprint density at radius 3 is 2.36 bits per heavy atom. The number of amides is 2. The molecule has 0 unspecified atom stereocenters. The van der Waals surface area contributed by atoms with E-state index in [2.05, 4.69) is 26.6 Å². The number of carbonyl (C=O) groups excluding carboxylic acids is 2. The maximum atomic E-state index is 13.1. The minimum Gasteiger partial charge on any atom is -0.493 e. The zero-order valence-corrected chi connectivity index (χ0v) is 19.8. The SMILES string of the molecule is COc1cc(Br)cc(C=C(NC(=O)c2ccccc2)C(=O)NCc2ccccc2N)c1OC. The summed E-state index contributed by atoms with van der Waals surface area (Å²) in [6, 6.07) is 19.4. The third kappa shape index (κ3) is 6.14. The van der Waals surface area contributed by atoms with Crippen molar-refractivity contribution in [2.45, 2.75) is 6.54 Å². The van der Waals surface area contributed by atoms with Crippen molar-refractivity contribution in [1.82, 2.24) is 10.6 Å². The van der Waals surface area contributed by atoms with E-state index < -0.39 is 11.8 Å². The molecular formula is C25H24BrN3O4. The van der Waals surface area contributed by atoms with Crippen LogP contribution in [0.1, 0.15) is 21.5 Å². The number of nitrogen functional groups attached to an aromatic ring is 1. The van der Waals surface area contributed by atoms with E-state index in [0.717, 1.165) is 10.0 Å². The predicted molar refractivity (Wildman–Crippen MR) is 132 cm³/mol. The van der Waals surface area contributed by atoms with Crippen LogP contribution in [-0.4, -0.2) is 26.0 Å². The van der Waals surface area contributed by atoms with Crippen LogP contribution in [0.3, 0.4) is 0 Å². The molecule has 170 valence electrons. The maximum absolute atomic E-state index is 13.1. The molecule has 0 aliphatic rings. The van der Waals surface area contributed by atoms with Gasteiger partial charge in [0, 0.05) is 27.8 Å². The van der Waals surface area contributed by atoms with E-state index in [1.54, 1.807) is 42.5 Å². The molecular weight excluding hydrogens is 486 g/mol. The monoisotopic (exact) mass is 509 g/mol. The van der Waals surface area contributed by atoms with E-state index in [1.165, 1.54) is 20.3 Å². The highest BCUT2D eigenvalue weighted by Gasteiger charge is 2.18. The van der Waals surface area contributed by atoms with E-state index in [-0.39, 0.29) is 12.2 Å². The van der Waals surface area contributed by atoms with Gasteiger partial charge in [-0.15, -0.1) is 0 Å². The molecule has 0 saturated heterocycles. The number of nitrogens with one attached hydrogen (secondary N) is 2.